The number of aryl methyl sites for hydroxylation is 1. The van der Waals surface area contributed by atoms with Crippen LogP contribution in [-0.2, 0) is 20.2 Å². The molecule has 2 rings (SSSR count). The van der Waals surface area contributed by atoms with Crippen LogP contribution in [0.3, 0.4) is 0 Å². The number of benzene rings is 1. The molecule has 0 fully saturated rings. The van der Waals surface area contributed by atoms with Crippen LogP contribution in [0.25, 0.3) is 0 Å². The molecular formula is C16H22FN3O. The summed E-state index contributed by atoms with van der Waals surface area (Å²) in [5.74, 6) is -0.0979. The van der Waals surface area contributed by atoms with E-state index in [1.165, 1.54) is 6.07 Å². The molecule has 1 aromatic heterocycles. The SMILES string of the molecule is Cn1ccc(COc2ccc(CNC(C)(C)C)cc2F)n1. The lowest BCUT2D eigenvalue weighted by atomic mass is 10.1. The Kier molecular flexibility index (Phi) is 4.63. The van der Waals surface area contributed by atoms with Crippen molar-refractivity contribution in [1.82, 2.24) is 15.1 Å². The Balaban J connectivity index is 1.95. The average molecular weight is 291 g/mol. The van der Waals surface area contributed by atoms with Crippen LogP contribution in [0.1, 0.15) is 32.0 Å². The number of aromatic nitrogens is 2. The minimum atomic E-state index is -0.348. The summed E-state index contributed by atoms with van der Waals surface area (Å²) >= 11 is 0. The van der Waals surface area contributed by atoms with Crippen molar-refractivity contribution in [2.24, 2.45) is 7.05 Å². The van der Waals surface area contributed by atoms with Gasteiger partial charge in [0, 0.05) is 25.3 Å². The van der Waals surface area contributed by atoms with Gasteiger partial charge in [-0.05, 0) is 44.5 Å². The molecule has 0 spiro atoms. The first-order valence-electron chi connectivity index (χ1n) is 6.98. The maximum absolute atomic E-state index is 14.0. The topological polar surface area (TPSA) is 39.1 Å². The number of nitrogens with zero attached hydrogens (tertiary/aromatic N) is 2. The van der Waals surface area contributed by atoms with Gasteiger partial charge in [0.05, 0.1) is 5.69 Å². The molecule has 1 heterocycles. The number of halogens is 1. The molecule has 114 valence electrons. The molecule has 0 saturated heterocycles. The van der Waals surface area contributed by atoms with Gasteiger partial charge in [-0.2, -0.15) is 5.10 Å². The molecule has 1 aromatic carbocycles. The first-order chi connectivity index (χ1) is 9.83. The van der Waals surface area contributed by atoms with E-state index < -0.39 is 0 Å². The zero-order chi connectivity index (χ0) is 15.5. The van der Waals surface area contributed by atoms with Crippen molar-refractivity contribution in [1.29, 1.82) is 0 Å². The molecule has 4 nitrogen and oxygen atoms in total. The lowest BCUT2D eigenvalue weighted by molar-refractivity contribution is 0.284. The highest BCUT2D eigenvalue weighted by molar-refractivity contribution is 5.29. The van der Waals surface area contributed by atoms with Crippen molar-refractivity contribution >= 4 is 0 Å². The van der Waals surface area contributed by atoms with Crippen LogP contribution in [0.5, 0.6) is 5.75 Å². The van der Waals surface area contributed by atoms with Crippen molar-refractivity contribution < 1.29 is 9.13 Å². The van der Waals surface area contributed by atoms with Gasteiger partial charge in [-0.3, -0.25) is 4.68 Å². The Morgan fingerprint density at radius 3 is 2.62 bits per heavy atom. The summed E-state index contributed by atoms with van der Waals surface area (Å²) in [7, 11) is 1.83. The third kappa shape index (κ3) is 4.86. The Hall–Kier alpha value is -1.88. The highest BCUT2D eigenvalue weighted by atomic mass is 19.1. The molecule has 0 amide bonds. The summed E-state index contributed by atoms with van der Waals surface area (Å²) in [6.45, 7) is 7.12. The van der Waals surface area contributed by atoms with E-state index in [4.69, 9.17) is 4.74 Å². The van der Waals surface area contributed by atoms with Crippen LogP contribution in [0.4, 0.5) is 4.39 Å². The van der Waals surface area contributed by atoms with Crippen molar-refractivity contribution in [3.05, 3.63) is 47.5 Å². The summed E-state index contributed by atoms with van der Waals surface area (Å²) < 4.78 is 21.2. The van der Waals surface area contributed by atoms with Gasteiger partial charge in [0.25, 0.3) is 0 Å². The third-order valence-electron chi connectivity index (χ3n) is 2.96. The van der Waals surface area contributed by atoms with E-state index >= 15 is 0 Å². The zero-order valence-electron chi connectivity index (χ0n) is 13.0. The molecule has 21 heavy (non-hydrogen) atoms. The van der Waals surface area contributed by atoms with E-state index in [1.807, 2.05) is 25.4 Å². The fourth-order valence-electron chi connectivity index (χ4n) is 1.83. The van der Waals surface area contributed by atoms with E-state index in [2.05, 4.69) is 31.2 Å². The summed E-state index contributed by atoms with van der Waals surface area (Å²) in [5.41, 5.74) is 1.67. The average Bonchev–Trinajstić information content (AvgIpc) is 2.80. The quantitative estimate of drug-likeness (QED) is 0.920. The predicted octanol–water partition coefficient (Wildman–Crippen LogP) is 3.03. The van der Waals surface area contributed by atoms with Crippen molar-refractivity contribution in [3.63, 3.8) is 0 Å². The summed E-state index contributed by atoms with van der Waals surface area (Å²) in [5, 5.41) is 7.51. The molecule has 5 heteroatoms. The number of rotatable bonds is 5. The molecule has 0 aliphatic rings. The molecular weight excluding hydrogens is 269 g/mol. The highest BCUT2D eigenvalue weighted by Crippen LogP contribution is 2.19. The van der Waals surface area contributed by atoms with E-state index in [9.17, 15) is 4.39 Å². The maximum atomic E-state index is 14.0. The van der Waals surface area contributed by atoms with Crippen LogP contribution in [0.15, 0.2) is 30.5 Å². The second kappa shape index (κ2) is 6.26. The Labute approximate surface area is 124 Å². The Morgan fingerprint density at radius 2 is 2.05 bits per heavy atom. The standard InChI is InChI=1S/C16H22FN3O/c1-16(2,3)18-10-12-5-6-15(14(17)9-12)21-11-13-7-8-20(4)19-13/h5-9,18H,10-11H2,1-4H3. The smallest absolute Gasteiger partial charge is 0.165 e. The van der Waals surface area contributed by atoms with Gasteiger partial charge in [0.1, 0.15) is 6.61 Å². The number of ether oxygens (including phenoxy) is 1. The molecule has 0 unspecified atom stereocenters. The van der Waals surface area contributed by atoms with Gasteiger partial charge in [0.2, 0.25) is 0 Å². The van der Waals surface area contributed by atoms with Gasteiger partial charge in [-0.1, -0.05) is 6.07 Å². The largest absolute Gasteiger partial charge is 0.484 e. The van der Waals surface area contributed by atoms with E-state index in [0.717, 1.165) is 11.3 Å². The second-order valence-electron chi connectivity index (χ2n) is 6.14. The molecule has 0 saturated carbocycles. The van der Waals surface area contributed by atoms with Gasteiger partial charge in [0.15, 0.2) is 11.6 Å². The number of nitrogens with one attached hydrogen (secondary N) is 1. The van der Waals surface area contributed by atoms with E-state index in [0.29, 0.717) is 6.54 Å². The minimum absolute atomic E-state index is 0.00459. The monoisotopic (exact) mass is 291 g/mol. The van der Waals surface area contributed by atoms with Crippen LogP contribution in [0, 0.1) is 5.82 Å². The molecule has 0 atom stereocenters. The van der Waals surface area contributed by atoms with Crippen LogP contribution >= 0.6 is 0 Å². The van der Waals surface area contributed by atoms with Crippen molar-refractivity contribution in [2.75, 3.05) is 0 Å². The summed E-state index contributed by atoms with van der Waals surface area (Å²) in [6.07, 6.45) is 1.83. The highest BCUT2D eigenvalue weighted by Gasteiger charge is 2.10. The minimum Gasteiger partial charge on any atom is -0.484 e. The fourth-order valence-corrected chi connectivity index (χ4v) is 1.83. The normalized spacial score (nSPS) is 11.7. The predicted molar refractivity (Wildman–Crippen MR) is 80.5 cm³/mol. The lowest BCUT2D eigenvalue weighted by Gasteiger charge is -2.20. The van der Waals surface area contributed by atoms with Crippen LogP contribution in [0.2, 0.25) is 0 Å². The van der Waals surface area contributed by atoms with Gasteiger partial charge >= 0.3 is 0 Å². The van der Waals surface area contributed by atoms with Crippen LogP contribution in [-0.4, -0.2) is 15.3 Å². The fraction of sp³-hybridized carbons (Fsp3) is 0.438. The maximum Gasteiger partial charge on any atom is 0.165 e. The molecule has 0 radical (unpaired) electrons. The van der Waals surface area contributed by atoms with Gasteiger partial charge < -0.3 is 10.1 Å². The Bertz CT molecular complexity index is 602. The van der Waals surface area contributed by atoms with Gasteiger partial charge in [-0.15, -0.1) is 0 Å². The zero-order valence-corrected chi connectivity index (χ0v) is 13.0. The van der Waals surface area contributed by atoms with Crippen molar-refractivity contribution in [2.45, 2.75) is 39.5 Å². The van der Waals surface area contributed by atoms with Crippen molar-refractivity contribution in [3.8, 4) is 5.75 Å². The van der Waals surface area contributed by atoms with E-state index in [1.54, 1.807) is 10.7 Å². The number of hydrogen-bond acceptors (Lipinski definition) is 3. The first-order valence-corrected chi connectivity index (χ1v) is 6.98. The molecule has 0 bridgehead atoms. The summed E-state index contributed by atoms with van der Waals surface area (Å²) in [4.78, 5) is 0. The molecule has 0 aliphatic carbocycles. The first kappa shape index (κ1) is 15.5. The second-order valence-corrected chi connectivity index (χ2v) is 6.14. The molecule has 0 aliphatic heterocycles. The van der Waals surface area contributed by atoms with Gasteiger partial charge in [-0.25, -0.2) is 4.39 Å². The van der Waals surface area contributed by atoms with E-state index in [-0.39, 0.29) is 23.7 Å². The third-order valence-corrected chi connectivity index (χ3v) is 2.96. The van der Waals surface area contributed by atoms with Crippen LogP contribution < -0.4 is 10.1 Å². The number of hydrogen-bond donors (Lipinski definition) is 1. The molecule has 2 aromatic rings. The Morgan fingerprint density at radius 1 is 1.29 bits per heavy atom. The lowest BCUT2D eigenvalue weighted by Crippen LogP contribution is -2.35. The summed E-state index contributed by atoms with van der Waals surface area (Å²) in [6, 6.07) is 6.89. The molecule has 1 N–H and O–H groups in total.